The second-order valence-electron chi connectivity index (χ2n) is 2.33. The molecule has 3 nitrogen and oxygen atoms in total. The van der Waals surface area contributed by atoms with Crippen molar-refractivity contribution in [3.63, 3.8) is 0 Å². The van der Waals surface area contributed by atoms with Crippen molar-refractivity contribution >= 4 is 12.0 Å². The summed E-state index contributed by atoms with van der Waals surface area (Å²) in [7, 11) is 1.33. The average molecular weight is 188 g/mol. The standard InChI is InChI=1S/C5H8O2.C4H5FO/c1-4(2)5(6)7-3;1-3(2)4(5)6/h1H2,2-3H3;1H2,2H3. The highest BCUT2D eigenvalue weighted by Gasteiger charge is 1.95. The van der Waals surface area contributed by atoms with E-state index in [9.17, 15) is 14.0 Å². The van der Waals surface area contributed by atoms with Crippen LogP contribution < -0.4 is 0 Å². The van der Waals surface area contributed by atoms with Gasteiger partial charge in [-0.2, -0.15) is 4.39 Å². The van der Waals surface area contributed by atoms with Crippen molar-refractivity contribution in [3.8, 4) is 0 Å². The lowest BCUT2D eigenvalue weighted by Gasteiger charge is -1.91. The Kier molecular flexibility index (Phi) is 7.82. The van der Waals surface area contributed by atoms with Crippen molar-refractivity contribution in [3.05, 3.63) is 24.3 Å². The van der Waals surface area contributed by atoms with E-state index in [2.05, 4.69) is 17.9 Å². The molecule has 0 saturated heterocycles. The van der Waals surface area contributed by atoms with Gasteiger partial charge in [0.15, 0.2) is 0 Å². The van der Waals surface area contributed by atoms with Gasteiger partial charge in [0.2, 0.25) is 0 Å². The van der Waals surface area contributed by atoms with E-state index in [0.717, 1.165) is 0 Å². The molecule has 0 aromatic rings. The Morgan fingerprint density at radius 2 is 1.46 bits per heavy atom. The summed E-state index contributed by atoms with van der Waals surface area (Å²) in [5.74, 6) is -0.347. The molecule has 0 aromatic carbocycles. The normalized spacial score (nSPS) is 7.69. The van der Waals surface area contributed by atoms with Crippen LogP contribution in [0.4, 0.5) is 4.39 Å². The minimum atomic E-state index is -1.44. The van der Waals surface area contributed by atoms with Crippen molar-refractivity contribution in [1.29, 1.82) is 0 Å². The average Bonchev–Trinajstić information content (AvgIpc) is 2.03. The smallest absolute Gasteiger partial charge is 0.332 e. The van der Waals surface area contributed by atoms with E-state index in [1.54, 1.807) is 6.92 Å². The van der Waals surface area contributed by atoms with Gasteiger partial charge in [0.1, 0.15) is 0 Å². The molecule has 0 aliphatic rings. The number of methoxy groups -OCH3 is 1. The van der Waals surface area contributed by atoms with Crippen LogP contribution in [-0.2, 0) is 14.3 Å². The van der Waals surface area contributed by atoms with E-state index in [0.29, 0.717) is 5.57 Å². The second-order valence-corrected chi connectivity index (χ2v) is 2.33. The van der Waals surface area contributed by atoms with E-state index in [1.807, 2.05) is 0 Å². The molecular formula is C9H13FO3. The monoisotopic (exact) mass is 188 g/mol. The molecule has 0 atom stereocenters. The van der Waals surface area contributed by atoms with Crippen LogP contribution in [-0.4, -0.2) is 19.1 Å². The van der Waals surface area contributed by atoms with Crippen molar-refractivity contribution in [1.82, 2.24) is 0 Å². The van der Waals surface area contributed by atoms with Gasteiger partial charge in [0.05, 0.1) is 7.11 Å². The fraction of sp³-hybridized carbons (Fsp3) is 0.333. The second kappa shape index (κ2) is 7.21. The molecular weight excluding hydrogens is 175 g/mol. The van der Waals surface area contributed by atoms with Crippen molar-refractivity contribution in [2.24, 2.45) is 0 Å². The first-order valence-electron chi connectivity index (χ1n) is 3.42. The molecule has 0 rings (SSSR count). The SMILES string of the molecule is C=C(C)C(=O)F.C=C(C)C(=O)OC. The lowest BCUT2D eigenvalue weighted by atomic mass is 10.4. The minimum Gasteiger partial charge on any atom is -0.466 e. The van der Waals surface area contributed by atoms with Gasteiger partial charge >= 0.3 is 12.0 Å². The Hall–Kier alpha value is -1.45. The Morgan fingerprint density at radius 1 is 1.15 bits per heavy atom. The summed E-state index contributed by atoms with van der Waals surface area (Å²) in [6, 6.07) is -1.44. The molecule has 4 heteroatoms. The van der Waals surface area contributed by atoms with Gasteiger partial charge in [-0.05, 0) is 13.8 Å². The molecule has 0 amide bonds. The maximum absolute atomic E-state index is 11.1. The molecule has 0 bridgehead atoms. The lowest BCUT2D eigenvalue weighted by Crippen LogP contribution is -1.98. The third-order valence-electron chi connectivity index (χ3n) is 0.869. The molecule has 0 radical (unpaired) electrons. The van der Waals surface area contributed by atoms with E-state index < -0.39 is 6.04 Å². The molecule has 0 N–H and O–H groups in total. The molecule has 0 heterocycles. The molecule has 0 saturated carbocycles. The van der Waals surface area contributed by atoms with Crippen LogP contribution in [0.15, 0.2) is 24.3 Å². The largest absolute Gasteiger partial charge is 0.466 e. The quantitative estimate of drug-likeness (QED) is 0.377. The van der Waals surface area contributed by atoms with Crippen molar-refractivity contribution in [2.75, 3.05) is 7.11 Å². The number of hydrogen-bond donors (Lipinski definition) is 0. The third-order valence-corrected chi connectivity index (χ3v) is 0.869. The maximum Gasteiger partial charge on any atom is 0.332 e. The minimum absolute atomic E-state index is 0.0463. The molecule has 0 aromatic heterocycles. The topological polar surface area (TPSA) is 43.4 Å². The lowest BCUT2D eigenvalue weighted by molar-refractivity contribution is -0.136. The predicted molar refractivity (Wildman–Crippen MR) is 47.8 cm³/mol. The fourth-order valence-corrected chi connectivity index (χ4v) is 0.174. The van der Waals surface area contributed by atoms with E-state index in [-0.39, 0.29) is 11.5 Å². The summed E-state index contributed by atoms with van der Waals surface area (Å²) >= 11 is 0. The molecule has 0 aliphatic heterocycles. The van der Waals surface area contributed by atoms with Crippen LogP contribution in [0, 0.1) is 0 Å². The van der Waals surface area contributed by atoms with Crippen LogP contribution in [0.5, 0.6) is 0 Å². The number of rotatable bonds is 2. The molecule has 74 valence electrons. The highest BCUT2D eigenvalue weighted by molar-refractivity contribution is 5.86. The summed E-state index contributed by atoms with van der Waals surface area (Å²) in [5, 5.41) is 0. The predicted octanol–water partition coefficient (Wildman–Crippen LogP) is 1.79. The van der Waals surface area contributed by atoms with Crippen LogP contribution in [0.3, 0.4) is 0 Å². The first kappa shape index (κ1) is 14.1. The molecule has 0 spiro atoms. The van der Waals surface area contributed by atoms with Crippen molar-refractivity contribution in [2.45, 2.75) is 13.8 Å². The molecule has 0 unspecified atom stereocenters. The van der Waals surface area contributed by atoms with Crippen LogP contribution in [0.2, 0.25) is 0 Å². The van der Waals surface area contributed by atoms with Crippen LogP contribution in [0.1, 0.15) is 13.8 Å². The Balaban J connectivity index is 0. The summed E-state index contributed by atoms with van der Waals surface area (Å²) in [5.41, 5.74) is 0.387. The summed E-state index contributed by atoms with van der Waals surface area (Å²) in [4.78, 5) is 19.6. The van der Waals surface area contributed by atoms with Gasteiger partial charge in [-0.15, -0.1) is 0 Å². The Bertz CT molecular complexity index is 219. The van der Waals surface area contributed by atoms with Gasteiger partial charge in [-0.1, -0.05) is 13.2 Å². The summed E-state index contributed by atoms with van der Waals surface area (Å²) in [6.45, 7) is 9.31. The zero-order valence-electron chi connectivity index (χ0n) is 8.02. The number of carbonyl (C=O) groups is 2. The number of hydrogen-bond acceptors (Lipinski definition) is 3. The number of ether oxygens (including phenoxy) is 1. The highest BCUT2D eigenvalue weighted by atomic mass is 19.1. The number of esters is 1. The van der Waals surface area contributed by atoms with E-state index in [1.165, 1.54) is 14.0 Å². The maximum atomic E-state index is 11.1. The molecule has 13 heavy (non-hydrogen) atoms. The van der Waals surface area contributed by atoms with Gasteiger partial charge < -0.3 is 4.74 Å². The number of carbonyl (C=O) groups excluding carboxylic acids is 2. The van der Waals surface area contributed by atoms with Gasteiger partial charge in [-0.25, -0.2) is 4.79 Å². The zero-order valence-corrected chi connectivity index (χ0v) is 8.02. The van der Waals surface area contributed by atoms with Gasteiger partial charge in [-0.3, -0.25) is 4.79 Å². The van der Waals surface area contributed by atoms with Crippen LogP contribution in [0.25, 0.3) is 0 Å². The van der Waals surface area contributed by atoms with Gasteiger partial charge in [0, 0.05) is 11.1 Å². The summed E-state index contributed by atoms with van der Waals surface area (Å²) < 4.78 is 15.4. The Labute approximate surface area is 76.9 Å². The molecule has 0 fully saturated rings. The first-order chi connectivity index (χ1) is 5.82. The zero-order chi connectivity index (χ0) is 11.0. The fourth-order valence-electron chi connectivity index (χ4n) is 0.174. The third kappa shape index (κ3) is 10.6. The highest BCUT2D eigenvalue weighted by Crippen LogP contribution is 1.87. The number of halogens is 1. The van der Waals surface area contributed by atoms with Crippen molar-refractivity contribution < 1.29 is 18.7 Å². The summed E-state index contributed by atoms with van der Waals surface area (Å²) in [6.07, 6.45) is 0. The van der Waals surface area contributed by atoms with Crippen LogP contribution >= 0.6 is 0 Å². The first-order valence-corrected chi connectivity index (χ1v) is 3.42. The van der Waals surface area contributed by atoms with Gasteiger partial charge in [0.25, 0.3) is 0 Å². The number of allylic oxidation sites excluding steroid dienone is 1. The molecule has 0 aliphatic carbocycles. The Morgan fingerprint density at radius 3 is 1.46 bits per heavy atom. The van der Waals surface area contributed by atoms with E-state index >= 15 is 0 Å². The van der Waals surface area contributed by atoms with E-state index in [4.69, 9.17) is 0 Å².